The number of nitro groups is 1. The highest BCUT2D eigenvalue weighted by Crippen LogP contribution is 2.22. The predicted octanol–water partition coefficient (Wildman–Crippen LogP) is 3.21. The van der Waals surface area contributed by atoms with Crippen LogP contribution in [-0.2, 0) is 4.74 Å². The minimum Gasteiger partial charge on any atom is -0.462 e. The fourth-order valence-corrected chi connectivity index (χ4v) is 2.56. The zero-order valence-electron chi connectivity index (χ0n) is 14.9. The minimum absolute atomic E-state index is 0.0347. The van der Waals surface area contributed by atoms with Gasteiger partial charge in [-0.15, -0.1) is 0 Å². The van der Waals surface area contributed by atoms with Crippen LogP contribution in [0.15, 0.2) is 60.9 Å². The second-order valence-corrected chi connectivity index (χ2v) is 5.67. The molecular formula is C19H16N4O5. The van der Waals surface area contributed by atoms with Crippen molar-refractivity contribution in [2.45, 2.75) is 6.92 Å². The van der Waals surface area contributed by atoms with Crippen LogP contribution in [0.4, 0.5) is 11.4 Å². The summed E-state index contributed by atoms with van der Waals surface area (Å²) in [6.45, 7) is 1.73. The molecule has 1 amide bonds. The van der Waals surface area contributed by atoms with Crippen molar-refractivity contribution < 1.29 is 19.2 Å². The number of non-ortho nitro benzene ring substituents is 1. The van der Waals surface area contributed by atoms with E-state index in [0.29, 0.717) is 11.4 Å². The number of benzene rings is 2. The van der Waals surface area contributed by atoms with Crippen LogP contribution in [0, 0.1) is 10.1 Å². The van der Waals surface area contributed by atoms with E-state index in [9.17, 15) is 19.7 Å². The van der Waals surface area contributed by atoms with E-state index in [4.69, 9.17) is 4.74 Å². The first-order valence-corrected chi connectivity index (χ1v) is 8.36. The first-order chi connectivity index (χ1) is 13.5. The molecule has 28 heavy (non-hydrogen) atoms. The van der Waals surface area contributed by atoms with Crippen molar-refractivity contribution in [1.82, 2.24) is 9.78 Å². The summed E-state index contributed by atoms with van der Waals surface area (Å²) in [7, 11) is 0. The molecule has 2 aromatic carbocycles. The molecule has 0 unspecified atom stereocenters. The van der Waals surface area contributed by atoms with Gasteiger partial charge in [-0.2, -0.15) is 5.10 Å². The Morgan fingerprint density at radius 1 is 1.18 bits per heavy atom. The van der Waals surface area contributed by atoms with E-state index in [-0.39, 0.29) is 23.4 Å². The SMILES string of the molecule is CCOC(=O)c1cc(C(=O)Nc2ccccc2-n2cccn2)cc([N+](=O)[O-])c1. The van der Waals surface area contributed by atoms with Crippen molar-refractivity contribution in [1.29, 1.82) is 0 Å². The molecule has 0 spiro atoms. The predicted molar refractivity (Wildman–Crippen MR) is 101 cm³/mol. The molecule has 0 fully saturated rings. The number of carbonyl (C=O) groups excluding carboxylic acids is 2. The maximum atomic E-state index is 12.7. The number of ether oxygens (including phenoxy) is 1. The molecule has 3 rings (SSSR count). The second-order valence-electron chi connectivity index (χ2n) is 5.67. The number of hydrogen-bond acceptors (Lipinski definition) is 6. The monoisotopic (exact) mass is 380 g/mol. The quantitative estimate of drug-likeness (QED) is 0.399. The number of nitrogens with zero attached hydrogens (tertiary/aromatic N) is 3. The van der Waals surface area contributed by atoms with Crippen LogP contribution in [0.1, 0.15) is 27.6 Å². The van der Waals surface area contributed by atoms with Gasteiger partial charge in [0, 0.05) is 30.1 Å². The smallest absolute Gasteiger partial charge is 0.338 e. The van der Waals surface area contributed by atoms with E-state index < -0.39 is 16.8 Å². The molecule has 9 heteroatoms. The van der Waals surface area contributed by atoms with Crippen LogP contribution >= 0.6 is 0 Å². The van der Waals surface area contributed by atoms with Gasteiger partial charge in [0.1, 0.15) is 0 Å². The largest absolute Gasteiger partial charge is 0.462 e. The van der Waals surface area contributed by atoms with E-state index in [2.05, 4.69) is 10.4 Å². The maximum absolute atomic E-state index is 12.7. The summed E-state index contributed by atoms with van der Waals surface area (Å²) in [5.41, 5.74) is 0.599. The maximum Gasteiger partial charge on any atom is 0.338 e. The lowest BCUT2D eigenvalue weighted by Crippen LogP contribution is -2.15. The van der Waals surface area contributed by atoms with Crippen molar-refractivity contribution >= 4 is 23.3 Å². The molecule has 0 radical (unpaired) electrons. The molecule has 1 aromatic heterocycles. The van der Waals surface area contributed by atoms with Crippen molar-refractivity contribution in [2.75, 3.05) is 11.9 Å². The van der Waals surface area contributed by atoms with Crippen LogP contribution in [0.3, 0.4) is 0 Å². The molecule has 0 atom stereocenters. The summed E-state index contributed by atoms with van der Waals surface area (Å²) in [5, 5.41) is 18.0. The highest BCUT2D eigenvalue weighted by atomic mass is 16.6. The fourth-order valence-electron chi connectivity index (χ4n) is 2.56. The number of esters is 1. The van der Waals surface area contributed by atoms with Crippen LogP contribution in [0.5, 0.6) is 0 Å². The summed E-state index contributed by atoms with van der Waals surface area (Å²) >= 11 is 0. The highest BCUT2D eigenvalue weighted by Gasteiger charge is 2.19. The van der Waals surface area contributed by atoms with Gasteiger partial charge in [0.25, 0.3) is 11.6 Å². The number of carbonyl (C=O) groups is 2. The Labute approximate surface area is 159 Å². The van der Waals surface area contributed by atoms with Gasteiger partial charge in [-0.3, -0.25) is 14.9 Å². The molecule has 142 valence electrons. The molecule has 1 N–H and O–H groups in total. The van der Waals surface area contributed by atoms with Gasteiger partial charge < -0.3 is 10.1 Å². The summed E-state index contributed by atoms with van der Waals surface area (Å²) in [5.74, 6) is -1.34. The molecule has 0 aliphatic heterocycles. The number of hydrogen-bond donors (Lipinski definition) is 1. The molecule has 9 nitrogen and oxygen atoms in total. The average Bonchev–Trinajstić information content (AvgIpc) is 3.22. The highest BCUT2D eigenvalue weighted by molar-refractivity contribution is 6.07. The Balaban J connectivity index is 1.95. The first kappa shape index (κ1) is 18.8. The molecule has 0 bridgehead atoms. The third kappa shape index (κ3) is 4.04. The summed E-state index contributed by atoms with van der Waals surface area (Å²) in [6, 6.07) is 12.2. The van der Waals surface area contributed by atoms with Gasteiger partial charge in [-0.25, -0.2) is 9.48 Å². The van der Waals surface area contributed by atoms with Gasteiger partial charge in [-0.1, -0.05) is 12.1 Å². The third-order valence-corrected chi connectivity index (χ3v) is 3.81. The minimum atomic E-state index is -0.739. The molecule has 0 saturated carbocycles. The van der Waals surface area contributed by atoms with Crippen molar-refractivity contribution in [3.8, 4) is 5.69 Å². The number of nitro benzene ring substituents is 1. The van der Waals surface area contributed by atoms with Gasteiger partial charge in [-0.05, 0) is 31.2 Å². The normalized spacial score (nSPS) is 10.3. The molecule has 1 heterocycles. The van der Waals surface area contributed by atoms with Gasteiger partial charge in [0.15, 0.2) is 0 Å². The summed E-state index contributed by atoms with van der Waals surface area (Å²) in [6.07, 6.45) is 3.32. The number of aromatic nitrogens is 2. The number of amides is 1. The summed E-state index contributed by atoms with van der Waals surface area (Å²) in [4.78, 5) is 35.2. The van der Waals surface area contributed by atoms with Crippen LogP contribution < -0.4 is 5.32 Å². The molecule has 0 aliphatic carbocycles. The number of rotatable bonds is 6. The van der Waals surface area contributed by atoms with E-state index >= 15 is 0 Å². The Morgan fingerprint density at radius 3 is 2.61 bits per heavy atom. The topological polar surface area (TPSA) is 116 Å². The lowest BCUT2D eigenvalue weighted by molar-refractivity contribution is -0.384. The van der Waals surface area contributed by atoms with E-state index in [0.717, 1.165) is 12.1 Å². The van der Waals surface area contributed by atoms with Gasteiger partial charge in [0.2, 0.25) is 0 Å². The Kier molecular flexibility index (Phi) is 5.45. The lowest BCUT2D eigenvalue weighted by atomic mass is 10.1. The van der Waals surface area contributed by atoms with Gasteiger partial charge in [0.05, 0.1) is 28.5 Å². The van der Waals surface area contributed by atoms with Crippen LogP contribution in [-0.4, -0.2) is 33.2 Å². The van der Waals surface area contributed by atoms with E-state index in [1.807, 2.05) is 0 Å². The zero-order chi connectivity index (χ0) is 20.1. The Bertz CT molecular complexity index is 1030. The Hall–Kier alpha value is -4.01. The summed E-state index contributed by atoms with van der Waals surface area (Å²) < 4.78 is 6.46. The number of nitrogens with one attached hydrogen (secondary N) is 1. The van der Waals surface area contributed by atoms with E-state index in [1.165, 1.54) is 6.07 Å². The van der Waals surface area contributed by atoms with Crippen molar-refractivity contribution in [2.24, 2.45) is 0 Å². The standard InChI is InChI=1S/C19H16N4O5/c1-2-28-19(25)14-10-13(11-15(12-14)23(26)27)18(24)21-16-6-3-4-7-17(16)22-9-5-8-20-22/h3-12H,2H2,1H3,(H,21,24). The number of anilines is 1. The average molecular weight is 380 g/mol. The van der Waals surface area contributed by atoms with E-state index in [1.54, 1.807) is 54.3 Å². The van der Waals surface area contributed by atoms with Crippen LogP contribution in [0.25, 0.3) is 5.69 Å². The number of para-hydroxylation sites is 2. The second kappa shape index (κ2) is 8.12. The zero-order valence-corrected chi connectivity index (χ0v) is 14.9. The van der Waals surface area contributed by atoms with Crippen molar-refractivity contribution in [3.05, 3.63) is 82.2 Å². The molecular weight excluding hydrogens is 364 g/mol. The third-order valence-electron chi connectivity index (χ3n) is 3.81. The van der Waals surface area contributed by atoms with Crippen LogP contribution in [0.2, 0.25) is 0 Å². The Morgan fingerprint density at radius 2 is 1.93 bits per heavy atom. The molecule has 3 aromatic rings. The van der Waals surface area contributed by atoms with Crippen molar-refractivity contribution in [3.63, 3.8) is 0 Å². The van der Waals surface area contributed by atoms with Gasteiger partial charge >= 0.3 is 5.97 Å². The first-order valence-electron chi connectivity index (χ1n) is 8.36. The molecule has 0 aliphatic rings. The lowest BCUT2D eigenvalue weighted by Gasteiger charge is -2.11. The fraction of sp³-hybridized carbons (Fsp3) is 0.105. The molecule has 0 saturated heterocycles.